The molecule has 0 radical (unpaired) electrons. The molecular formula is C13H17ClN2O3. The summed E-state index contributed by atoms with van der Waals surface area (Å²) in [6.45, 7) is 3.55. The first-order valence-corrected chi connectivity index (χ1v) is 6.37. The van der Waals surface area contributed by atoms with E-state index in [0.717, 1.165) is 6.42 Å². The number of carbonyl (C=O) groups excluding carboxylic acids is 2. The first-order valence-electron chi connectivity index (χ1n) is 6.00. The second-order valence-corrected chi connectivity index (χ2v) is 4.51. The van der Waals surface area contributed by atoms with Crippen LogP contribution in [0.4, 0.5) is 4.79 Å². The van der Waals surface area contributed by atoms with Crippen LogP contribution in [0.3, 0.4) is 0 Å². The van der Waals surface area contributed by atoms with Crippen LogP contribution in [0.5, 0.6) is 5.75 Å². The quantitative estimate of drug-likeness (QED) is 0.872. The van der Waals surface area contributed by atoms with Crippen molar-refractivity contribution in [3.8, 4) is 5.75 Å². The van der Waals surface area contributed by atoms with Crippen molar-refractivity contribution in [1.29, 1.82) is 0 Å². The molecule has 0 saturated carbocycles. The van der Waals surface area contributed by atoms with Gasteiger partial charge in [-0.1, -0.05) is 24.6 Å². The van der Waals surface area contributed by atoms with E-state index >= 15 is 0 Å². The van der Waals surface area contributed by atoms with Crippen molar-refractivity contribution in [2.45, 2.75) is 26.3 Å². The molecule has 0 heterocycles. The van der Waals surface area contributed by atoms with Gasteiger partial charge in [0.25, 0.3) is 5.91 Å². The predicted molar refractivity (Wildman–Crippen MR) is 73.4 cm³/mol. The monoisotopic (exact) mass is 284 g/mol. The summed E-state index contributed by atoms with van der Waals surface area (Å²) < 4.78 is 5.20. The molecule has 5 nitrogen and oxygen atoms in total. The number of ether oxygens (including phenoxy) is 1. The highest BCUT2D eigenvalue weighted by Crippen LogP contribution is 2.16. The fourth-order valence-corrected chi connectivity index (χ4v) is 1.41. The molecule has 6 heteroatoms. The number of benzene rings is 1. The lowest BCUT2D eigenvalue weighted by Crippen LogP contribution is -2.44. The molecule has 2 N–H and O–H groups in total. The number of imide groups is 1. The van der Waals surface area contributed by atoms with Gasteiger partial charge in [-0.3, -0.25) is 10.1 Å². The van der Waals surface area contributed by atoms with Crippen molar-refractivity contribution in [1.82, 2.24) is 10.6 Å². The van der Waals surface area contributed by atoms with Gasteiger partial charge in [0.2, 0.25) is 0 Å². The summed E-state index contributed by atoms with van der Waals surface area (Å²) in [5, 5.41) is 5.32. The van der Waals surface area contributed by atoms with Crippen LogP contribution in [-0.4, -0.2) is 24.6 Å². The number of rotatable bonds is 5. The van der Waals surface area contributed by atoms with Crippen molar-refractivity contribution >= 4 is 23.5 Å². The molecule has 3 amide bonds. The van der Waals surface area contributed by atoms with Crippen molar-refractivity contribution in [2.75, 3.05) is 6.61 Å². The maximum Gasteiger partial charge on any atom is 0.321 e. The van der Waals surface area contributed by atoms with E-state index in [1.54, 1.807) is 24.3 Å². The summed E-state index contributed by atoms with van der Waals surface area (Å²) in [5.41, 5.74) is 0. The SMILES string of the molecule is CC[C@H](C)NC(=O)NC(=O)COc1cccc(Cl)c1. The van der Waals surface area contributed by atoms with Gasteiger partial charge >= 0.3 is 6.03 Å². The molecule has 0 saturated heterocycles. The zero-order chi connectivity index (χ0) is 14.3. The summed E-state index contributed by atoms with van der Waals surface area (Å²) in [5.74, 6) is -0.0363. The second-order valence-electron chi connectivity index (χ2n) is 4.08. The van der Waals surface area contributed by atoms with Crippen LogP contribution in [0, 0.1) is 0 Å². The number of carbonyl (C=O) groups is 2. The summed E-state index contributed by atoms with van der Waals surface area (Å²) in [6, 6.07) is 6.18. The number of urea groups is 1. The van der Waals surface area contributed by atoms with Crippen LogP contribution in [0.15, 0.2) is 24.3 Å². The molecule has 0 aliphatic heterocycles. The number of amides is 3. The zero-order valence-corrected chi connectivity index (χ0v) is 11.7. The molecule has 0 bridgehead atoms. The molecule has 0 aliphatic carbocycles. The fraction of sp³-hybridized carbons (Fsp3) is 0.385. The Morgan fingerprint density at radius 2 is 2.16 bits per heavy atom. The first-order chi connectivity index (χ1) is 9.01. The van der Waals surface area contributed by atoms with Gasteiger partial charge in [-0.2, -0.15) is 0 Å². The highest BCUT2D eigenvalue weighted by molar-refractivity contribution is 6.30. The van der Waals surface area contributed by atoms with Crippen LogP contribution in [0.2, 0.25) is 5.02 Å². The molecule has 0 spiro atoms. The second kappa shape index (κ2) is 7.63. The highest BCUT2D eigenvalue weighted by Gasteiger charge is 2.10. The predicted octanol–water partition coefficient (Wildman–Crippen LogP) is 2.34. The molecule has 0 unspecified atom stereocenters. The number of hydrogen-bond donors (Lipinski definition) is 2. The highest BCUT2D eigenvalue weighted by atomic mass is 35.5. The van der Waals surface area contributed by atoms with E-state index in [1.807, 2.05) is 13.8 Å². The lowest BCUT2D eigenvalue weighted by Gasteiger charge is -2.12. The largest absolute Gasteiger partial charge is 0.484 e. The van der Waals surface area contributed by atoms with Crippen LogP contribution in [-0.2, 0) is 4.79 Å². The van der Waals surface area contributed by atoms with E-state index < -0.39 is 11.9 Å². The molecule has 0 fully saturated rings. The molecule has 104 valence electrons. The van der Waals surface area contributed by atoms with Gasteiger partial charge in [-0.25, -0.2) is 4.79 Å². The maximum absolute atomic E-state index is 11.5. The molecule has 19 heavy (non-hydrogen) atoms. The Hall–Kier alpha value is -1.75. The van der Waals surface area contributed by atoms with Crippen LogP contribution in [0.1, 0.15) is 20.3 Å². The zero-order valence-electron chi connectivity index (χ0n) is 10.9. The third-order valence-corrected chi connectivity index (χ3v) is 2.64. The molecular weight excluding hydrogens is 268 g/mol. The Morgan fingerprint density at radius 3 is 2.79 bits per heavy atom. The topological polar surface area (TPSA) is 67.4 Å². The molecule has 1 aromatic rings. The maximum atomic E-state index is 11.5. The molecule has 0 aliphatic rings. The Bertz CT molecular complexity index is 451. The minimum absolute atomic E-state index is 0.0154. The van der Waals surface area contributed by atoms with Gasteiger partial charge in [-0.05, 0) is 31.5 Å². The Balaban J connectivity index is 2.34. The number of halogens is 1. The van der Waals surface area contributed by atoms with E-state index in [1.165, 1.54) is 0 Å². The average Bonchev–Trinajstić information content (AvgIpc) is 2.36. The third kappa shape index (κ3) is 6.10. The normalized spacial score (nSPS) is 11.5. The van der Waals surface area contributed by atoms with Crippen LogP contribution >= 0.6 is 11.6 Å². The Kier molecular flexibility index (Phi) is 6.15. The Labute approximate surface area is 117 Å². The van der Waals surface area contributed by atoms with E-state index in [2.05, 4.69) is 10.6 Å². The van der Waals surface area contributed by atoms with Crippen LogP contribution in [0.25, 0.3) is 0 Å². The van der Waals surface area contributed by atoms with Crippen molar-refractivity contribution in [3.63, 3.8) is 0 Å². The van der Waals surface area contributed by atoms with Gasteiger partial charge in [0, 0.05) is 11.1 Å². The summed E-state index contributed by atoms with van der Waals surface area (Å²) in [6.07, 6.45) is 0.792. The smallest absolute Gasteiger partial charge is 0.321 e. The minimum atomic E-state index is -0.519. The summed E-state index contributed by atoms with van der Waals surface area (Å²) in [4.78, 5) is 22.8. The van der Waals surface area contributed by atoms with E-state index in [4.69, 9.17) is 16.3 Å². The molecule has 1 atom stereocenters. The minimum Gasteiger partial charge on any atom is -0.484 e. The van der Waals surface area contributed by atoms with E-state index in [9.17, 15) is 9.59 Å². The van der Waals surface area contributed by atoms with Gasteiger partial charge < -0.3 is 10.1 Å². The van der Waals surface area contributed by atoms with E-state index in [0.29, 0.717) is 10.8 Å². The average molecular weight is 285 g/mol. The molecule has 1 rings (SSSR count). The molecule has 0 aromatic heterocycles. The fourth-order valence-electron chi connectivity index (χ4n) is 1.23. The van der Waals surface area contributed by atoms with E-state index in [-0.39, 0.29) is 12.6 Å². The summed E-state index contributed by atoms with van der Waals surface area (Å²) >= 11 is 5.77. The van der Waals surface area contributed by atoms with Crippen molar-refractivity contribution in [3.05, 3.63) is 29.3 Å². The van der Waals surface area contributed by atoms with Gasteiger partial charge in [0.05, 0.1) is 0 Å². The van der Waals surface area contributed by atoms with Gasteiger partial charge in [0.15, 0.2) is 6.61 Å². The first kappa shape index (κ1) is 15.3. The van der Waals surface area contributed by atoms with Crippen LogP contribution < -0.4 is 15.4 Å². The van der Waals surface area contributed by atoms with Crippen molar-refractivity contribution in [2.24, 2.45) is 0 Å². The number of nitrogens with one attached hydrogen (secondary N) is 2. The standard InChI is InChI=1S/C13H17ClN2O3/c1-3-9(2)15-13(18)16-12(17)8-19-11-6-4-5-10(14)7-11/h4-7,9H,3,8H2,1-2H3,(H2,15,16,17,18)/t9-/m0/s1. The Morgan fingerprint density at radius 1 is 1.42 bits per heavy atom. The third-order valence-electron chi connectivity index (χ3n) is 2.41. The summed E-state index contributed by atoms with van der Waals surface area (Å²) in [7, 11) is 0. The molecule has 1 aromatic carbocycles. The lowest BCUT2D eigenvalue weighted by atomic mass is 10.3. The van der Waals surface area contributed by atoms with Crippen molar-refractivity contribution < 1.29 is 14.3 Å². The lowest BCUT2D eigenvalue weighted by molar-refractivity contribution is -0.122. The van der Waals surface area contributed by atoms with Gasteiger partial charge in [-0.15, -0.1) is 0 Å². The van der Waals surface area contributed by atoms with Gasteiger partial charge in [0.1, 0.15) is 5.75 Å². The number of hydrogen-bond acceptors (Lipinski definition) is 3.